The van der Waals surface area contributed by atoms with Crippen LogP contribution in [0.4, 0.5) is 0 Å². The van der Waals surface area contributed by atoms with E-state index in [1.165, 1.54) is 21.9 Å². The number of benzene rings is 2. The van der Waals surface area contributed by atoms with Crippen molar-refractivity contribution in [3.63, 3.8) is 0 Å². The Balaban J connectivity index is 2.05. The van der Waals surface area contributed by atoms with Crippen LogP contribution in [0.5, 0.6) is 0 Å². The lowest BCUT2D eigenvalue weighted by Crippen LogP contribution is -2.13. The highest BCUT2D eigenvalue weighted by Gasteiger charge is 2.19. The highest BCUT2D eigenvalue weighted by Crippen LogP contribution is 2.34. The average molecular weight is 332 g/mol. The molecule has 0 bridgehead atoms. The molecule has 25 heavy (non-hydrogen) atoms. The third-order valence-corrected chi connectivity index (χ3v) is 4.81. The third kappa shape index (κ3) is 3.91. The van der Waals surface area contributed by atoms with Crippen molar-refractivity contribution >= 4 is 16.5 Å². The Morgan fingerprint density at radius 3 is 2.68 bits per heavy atom. The van der Waals surface area contributed by atoms with Gasteiger partial charge >= 0.3 is 0 Å². The smallest absolute Gasteiger partial charge is 0.0395 e. The van der Waals surface area contributed by atoms with E-state index < -0.39 is 0 Å². The quantitative estimate of drug-likeness (QED) is 0.662. The molecule has 0 aromatic heterocycles. The summed E-state index contributed by atoms with van der Waals surface area (Å²) in [4.78, 5) is 2.20. The van der Waals surface area contributed by atoms with Crippen LogP contribution in [0, 0.1) is 5.41 Å². The van der Waals surface area contributed by atoms with Gasteiger partial charge in [0, 0.05) is 23.7 Å². The van der Waals surface area contributed by atoms with Gasteiger partial charge in [-0.3, -0.25) is 0 Å². The maximum atomic E-state index is 8.73. The van der Waals surface area contributed by atoms with Crippen molar-refractivity contribution in [2.45, 2.75) is 32.1 Å². The Morgan fingerprint density at radius 2 is 1.92 bits per heavy atom. The maximum absolute atomic E-state index is 8.73. The van der Waals surface area contributed by atoms with E-state index in [1.807, 2.05) is 0 Å². The molecule has 2 aromatic carbocycles. The molecule has 0 spiro atoms. The van der Waals surface area contributed by atoms with Gasteiger partial charge in [-0.2, -0.15) is 0 Å². The summed E-state index contributed by atoms with van der Waals surface area (Å²) in [6.45, 7) is 3.15. The largest absolute Gasteiger partial charge is 0.305 e. The van der Waals surface area contributed by atoms with E-state index in [4.69, 9.17) is 5.41 Å². The predicted octanol–water partition coefficient (Wildman–Crippen LogP) is 5.54. The Kier molecular flexibility index (Phi) is 5.50. The Morgan fingerprint density at radius 1 is 1.12 bits per heavy atom. The van der Waals surface area contributed by atoms with E-state index in [-0.39, 0.29) is 5.92 Å². The minimum Gasteiger partial charge on any atom is -0.305 e. The number of unbranched alkanes of at least 4 members (excludes halogenated alkanes) is 1. The van der Waals surface area contributed by atoms with Gasteiger partial charge in [0.25, 0.3) is 0 Å². The van der Waals surface area contributed by atoms with E-state index in [9.17, 15) is 0 Å². The van der Waals surface area contributed by atoms with Crippen molar-refractivity contribution in [1.29, 1.82) is 5.41 Å². The second-order valence-corrected chi connectivity index (χ2v) is 7.20. The van der Waals surface area contributed by atoms with E-state index in [2.05, 4.69) is 80.5 Å². The first kappa shape index (κ1) is 17.6. The topological polar surface area (TPSA) is 27.1 Å². The number of hydrogen-bond donors (Lipinski definition) is 1. The zero-order valence-electron chi connectivity index (χ0n) is 15.5. The number of likely N-dealkylation sites (N-methyl/N-ethyl adjacent to an activating group) is 1. The summed E-state index contributed by atoms with van der Waals surface area (Å²) < 4.78 is 0. The molecule has 3 rings (SSSR count). The molecule has 0 heterocycles. The van der Waals surface area contributed by atoms with Gasteiger partial charge in [-0.05, 0) is 48.8 Å². The molecule has 130 valence electrons. The van der Waals surface area contributed by atoms with Gasteiger partial charge < -0.3 is 10.3 Å². The minimum absolute atomic E-state index is 0.275. The number of nitrogens with zero attached hydrogens (tertiary/aromatic N) is 1. The molecule has 0 saturated carbocycles. The second-order valence-electron chi connectivity index (χ2n) is 7.20. The lowest BCUT2D eigenvalue weighted by Gasteiger charge is -2.17. The Hall–Kier alpha value is -2.19. The van der Waals surface area contributed by atoms with E-state index >= 15 is 0 Å². The molecule has 1 aliphatic rings. The predicted molar refractivity (Wildman–Crippen MR) is 109 cm³/mol. The van der Waals surface area contributed by atoms with Crippen LogP contribution in [-0.4, -0.2) is 31.3 Å². The normalized spacial score (nSPS) is 16.6. The van der Waals surface area contributed by atoms with Gasteiger partial charge in [0.05, 0.1) is 0 Å². The molecule has 0 fully saturated rings. The van der Waals surface area contributed by atoms with Crippen molar-refractivity contribution in [1.82, 2.24) is 4.90 Å². The molecular formula is C23H28N2. The van der Waals surface area contributed by atoms with Gasteiger partial charge in [-0.25, -0.2) is 0 Å². The van der Waals surface area contributed by atoms with Gasteiger partial charge in [0.2, 0.25) is 0 Å². The number of fused-ring (bicyclic) bond motifs is 1. The number of allylic oxidation sites excluding steroid dienone is 2. The minimum atomic E-state index is 0.275. The second kappa shape index (κ2) is 7.79. The molecule has 1 unspecified atom stereocenters. The van der Waals surface area contributed by atoms with E-state index in [1.54, 1.807) is 0 Å². The fourth-order valence-corrected chi connectivity index (χ4v) is 3.61. The van der Waals surface area contributed by atoms with Crippen LogP contribution >= 0.6 is 0 Å². The molecule has 2 nitrogen and oxygen atoms in total. The molecule has 1 aliphatic carbocycles. The first-order valence-electron chi connectivity index (χ1n) is 9.23. The van der Waals surface area contributed by atoms with Crippen molar-refractivity contribution in [3.8, 4) is 0 Å². The van der Waals surface area contributed by atoms with E-state index in [0.29, 0.717) is 0 Å². The van der Waals surface area contributed by atoms with Crippen molar-refractivity contribution in [3.05, 3.63) is 71.3 Å². The summed E-state index contributed by atoms with van der Waals surface area (Å²) in [5, 5.41) is 11.2. The molecule has 0 saturated heterocycles. The highest BCUT2D eigenvalue weighted by molar-refractivity contribution is 6.11. The summed E-state index contributed by atoms with van der Waals surface area (Å²) >= 11 is 0. The van der Waals surface area contributed by atoms with Gasteiger partial charge in [0.15, 0.2) is 0 Å². The third-order valence-electron chi connectivity index (χ3n) is 4.81. The van der Waals surface area contributed by atoms with Crippen LogP contribution in [0.1, 0.15) is 43.2 Å². The summed E-state index contributed by atoms with van der Waals surface area (Å²) in [7, 11) is 4.20. The zero-order chi connectivity index (χ0) is 17.8. The molecule has 1 atom stereocenters. The summed E-state index contributed by atoms with van der Waals surface area (Å²) in [6.07, 6.45) is 9.91. The molecule has 2 heteroatoms. The monoisotopic (exact) mass is 332 g/mol. The van der Waals surface area contributed by atoms with Crippen LogP contribution in [0.15, 0.2) is 60.2 Å². The Bertz CT molecular complexity index is 827. The van der Waals surface area contributed by atoms with Gasteiger partial charge in [0.1, 0.15) is 0 Å². The maximum Gasteiger partial charge on any atom is 0.0395 e. The first-order valence-corrected chi connectivity index (χ1v) is 9.23. The molecular weight excluding hydrogens is 304 g/mol. The summed E-state index contributed by atoms with van der Waals surface area (Å²) in [5.74, 6) is 0.275. The lowest BCUT2D eigenvalue weighted by molar-refractivity contribution is 0.449. The SMILES string of the molecule is CCCCC(=N)c1c(C2C=CC(CN(C)C)=C2)ccc2ccccc12. The van der Waals surface area contributed by atoms with Crippen LogP contribution in [-0.2, 0) is 0 Å². The summed E-state index contributed by atoms with van der Waals surface area (Å²) in [5.41, 5.74) is 4.54. The molecule has 0 aliphatic heterocycles. The highest BCUT2D eigenvalue weighted by atomic mass is 15.0. The van der Waals surface area contributed by atoms with Crippen molar-refractivity contribution in [2.24, 2.45) is 0 Å². The van der Waals surface area contributed by atoms with Crippen LogP contribution < -0.4 is 0 Å². The van der Waals surface area contributed by atoms with Gasteiger partial charge in [-0.15, -0.1) is 0 Å². The average Bonchev–Trinajstić information content (AvgIpc) is 3.06. The van der Waals surface area contributed by atoms with Crippen LogP contribution in [0.2, 0.25) is 0 Å². The molecule has 0 amide bonds. The fourth-order valence-electron chi connectivity index (χ4n) is 3.61. The number of rotatable bonds is 7. The standard InChI is InChI=1S/C23H28N2/c1-4-5-10-22(24)23-20-9-7-6-8-18(20)13-14-21(23)19-12-11-17(15-19)16-25(2)3/h6-9,11-15,19,24H,4-5,10,16H2,1-3H3. The number of nitrogens with one attached hydrogen (secondary N) is 1. The van der Waals surface area contributed by atoms with Crippen molar-refractivity contribution in [2.75, 3.05) is 20.6 Å². The number of hydrogen-bond acceptors (Lipinski definition) is 2. The zero-order valence-corrected chi connectivity index (χ0v) is 15.5. The molecule has 2 aromatic rings. The molecule has 0 radical (unpaired) electrons. The van der Waals surface area contributed by atoms with Crippen LogP contribution in [0.25, 0.3) is 10.8 Å². The van der Waals surface area contributed by atoms with E-state index in [0.717, 1.165) is 37.1 Å². The first-order chi connectivity index (χ1) is 12.1. The Labute approximate surface area is 151 Å². The summed E-state index contributed by atoms with van der Waals surface area (Å²) in [6, 6.07) is 12.9. The van der Waals surface area contributed by atoms with Crippen LogP contribution in [0.3, 0.4) is 0 Å². The fraction of sp³-hybridized carbons (Fsp3) is 0.348. The van der Waals surface area contributed by atoms with Gasteiger partial charge in [-0.1, -0.05) is 68.0 Å². The molecule has 1 N–H and O–H groups in total. The van der Waals surface area contributed by atoms with Crippen molar-refractivity contribution < 1.29 is 0 Å². The lowest BCUT2D eigenvalue weighted by atomic mass is 9.87.